The van der Waals surface area contributed by atoms with Crippen LogP contribution in [0.3, 0.4) is 0 Å². The van der Waals surface area contributed by atoms with Crippen molar-refractivity contribution in [3.8, 4) is 5.75 Å². The van der Waals surface area contributed by atoms with E-state index in [1.807, 2.05) is 6.07 Å². The average molecular weight is 390 g/mol. The van der Waals surface area contributed by atoms with Crippen LogP contribution in [0.2, 0.25) is 0 Å². The van der Waals surface area contributed by atoms with Gasteiger partial charge < -0.3 is 15.2 Å². The summed E-state index contributed by atoms with van der Waals surface area (Å²) in [6, 6.07) is 6.25. The quantitative estimate of drug-likeness (QED) is 0.655. The zero-order valence-corrected chi connectivity index (χ0v) is 16.6. The molecule has 1 atom stereocenters. The summed E-state index contributed by atoms with van der Waals surface area (Å²) in [5, 5.41) is 15.4. The van der Waals surface area contributed by atoms with Crippen LogP contribution in [0.4, 0.5) is 4.79 Å². The van der Waals surface area contributed by atoms with Gasteiger partial charge in [0.1, 0.15) is 12.3 Å². The van der Waals surface area contributed by atoms with Crippen LogP contribution in [0.15, 0.2) is 18.2 Å². The first-order chi connectivity index (χ1) is 13.5. The largest absolute Gasteiger partial charge is 0.497 e. The normalized spacial score (nSPS) is 19.9. The molecule has 1 fully saturated rings. The molecule has 0 aliphatic carbocycles. The zero-order chi connectivity index (χ0) is 20.1. The van der Waals surface area contributed by atoms with Crippen LogP contribution in [0, 0.1) is 5.92 Å². The summed E-state index contributed by atoms with van der Waals surface area (Å²) in [5.41, 5.74) is 2.61. The zero-order valence-electron chi connectivity index (χ0n) is 16.6. The van der Waals surface area contributed by atoms with Gasteiger partial charge in [-0.2, -0.15) is 0 Å². The van der Waals surface area contributed by atoms with E-state index in [0.29, 0.717) is 12.5 Å². The fourth-order valence-electron chi connectivity index (χ4n) is 4.09. The Morgan fingerprint density at radius 2 is 2.11 bits per heavy atom. The van der Waals surface area contributed by atoms with Crippen molar-refractivity contribution in [2.75, 3.05) is 40.3 Å². The number of hydrogen-bond acceptors (Lipinski definition) is 5. The third-order valence-electron chi connectivity index (χ3n) is 5.84. The molecule has 2 aliphatic rings. The number of piperidine rings is 1. The predicted octanol–water partition coefficient (Wildman–Crippen LogP) is 1.63. The van der Waals surface area contributed by atoms with Crippen LogP contribution in [0.1, 0.15) is 36.6 Å². The molecule has 1 aromatic carbocycles. The summed E-state index contributed by atoms with van der Waals surface area (Å²) < 4.78 is 5.37. The Labute approximate surface area is 165 Å². The van der Waals surface area contributed by atoms with Gasteiger partial charge in [-0.15, -0.1) is 0 Å². The number of ether oxygens (including phenoxy) is 1. The Kier molecular flexibility index (Phi) is 6.74. The molecule has 2 aliphatic heterocycles. The summed E-state index contributed by atoms with van der Waals surface area (Å²) in [6.45, 7) is 3.12. The van der Waals surface area contributed by atoms with Gasteiger partial charge in [0.05, 0.1) is 13.3 Å². The first-order valence-electron chi connectivity index (χ1n) is 9.84. The number of benzene rings is 1. The minimum Gasteiger partial charge on any atom is -0.497 e. The highest BCUT2D eigenvalue weighted by Crippen LogP contribution is 2.34. The molecule has 3 N–H and O–H groups in total. The summed E-state index contributed by atoms with van der Waals surface area (Å²) >= 11 is 0. The molecule has 2 amide bonds. The van der Waals surface area contributed by atoms with E-state index >= 15 is 0 Å². The predicted molar refractivity (Wildman–Crippen MR) is 105 cm³/mol. The van der Waals surface area contributed by atoms with Gasteiger partial charge in [0.15, 0.2) is 0 Å². The Morgan fingerprint density at radius 1 is 1.36 bits per heavy atom. The Bertz CT molecular complexity index is 703. The van der Waals surface area contributed by atoms with Gasteiger partial charge in [-0.05, 0) is 48.4 Å². The van der Waals surface area contributed by atoms with Crippen LogP contribution >= 0.6 is 0 Å². The molecule has 8 nitrogen and oxygen atoms in total. The second-order valence-electron chi connectivity index (χ2n) is 7.49. The number of likely N-dealkylation sites (tertiary alicyclic amines) is 1. The number of nitrogens with zero attached hydrogens (tertiary/aromatic N) is 2. The maximum Gasteiger partial charge on any atom is 0.407 e. The number of carbonyl (C=O) groups is 2. The molecule has 1 saturated heterocycles. The van der Waals surface area contributed by atoms with Crippen LogP contribution in [-0.4, -0.2) is 67.2 Å². The fraction of sp³-hybridized carbons (Fsp3) is 0.600. The van der Waals surface area contributed by atoms with Crippen molar-refractivity contribution in [2.24, 2.45) is 5.92 Å². The molecule has 0 bridgehead atoms. The summed E-state index contributed by atoms with van der Waals surface area (Å²) in [6.07, 6.45) is 2.03. The first-order valence-corrected chi connectivity index (χ1v) is 9.84. The maximum atomic E-state index is 11.5. The molecule has 1 aromatic rings. The fourth-order valence-corrected chi connectivity index (χ4v) is 4.09. The Morgan fingerprint density at radius 3 is 2.75 bits per heavy atom. The van der Waals surface area contributed by atoms with E-state index in [-0.39, 0.29) is 18.6 Å². The number of methoxy groups -OCH3 is 1. The molecule has 0 radical (unpaired) electrons. The van der Waals surface area contributed by atoms with Crippen LogP contribution in [-0.2, 0) is 11.3 Å². The molecular formula is C20H30N4O4. The molecule has 8 heteroatoms. The lowest BCUT2D eigenvalue weighted by molar-refractivity contribution is -0.121. The lowest BCUT2D eigenvalue weighted by Gasteiger charge is -2.36. The highest BCUT2D eigenvalue weighted by Gasteiger charge is 2.31. The van der Waals surface area contributed by atoms with Crippen molar-refractivity contribution in [3.05, 3.63) is 29.3 Å². The van der Waals surface area contributed by atoms with Gasteiger partial charge in [0.25, 0.3) is 0 Å². The van der Waals surface area contributed by atoms with E-state index < -0.39 is 6.09 Å². The van der Waals surface area contributed by atoms with E-state index in [0.717, 1.165) is 44.6 Å². The lowest BCUT2D eigenvalue weighted by Crippen LogP contribution is -2.42. The molecule has 28 heavy (non-hydrogen) atoms. The smallest absolute Gasteiger partial charge is 0.407 e. The van der Waals surface area contributed by atoms with Crippen molar-refractivity contribution < 1.29 is 19.4 Å². The SMILES string of the molecule is CNC(=O)CN(CCC1CCN(C2NCc3ccc(OC)cc32)CC1)C(=O)O. The van der Waals surface area contributed by atoms with Crippen molar-refractivity contribution in [3.63, 3.8) is 0 Å². The molecule has 0 saturated carbocycles. The van der Waals surface area contributed by atoms with E-state index in [2.05, 4.69) is 27.7 Å². The van der Waals surface area contributed by atoms with Crippen molar-refractivity contribution >= 4 is 12.0 Å². The lowest BCUT2D eigenvalue weighted by atomic mass is 9.92. The maximum absolute atomic E-state index is 11.5. The Balaban J connectivity index is 1.50. The van der Waals surface area contributed by atoms with Crippen LogP contribution < -0.4 is 15.4 Å². The molecular weight excluding hydrogens is 360 g/mol. The number of fused-ring (bicyclic) bond motifs is 1. The number of likely N-dealkylation sites (N-methyl/N-ethyl adjacent to an activating group) is 1. The highest BCUT2D eigenvalue weighted by atomic mass is 16.5. The third kappa shape index (κ3) is 4.74. The number of rotatable bonds is 7. The molecule has 3 rings (SSSR count). The number of amides is 2. The van der Waals surface area contributed by atoms with Gasteiger partial charge in [-0.3, -0.25) is 19.9 Å². The molecule has 0 aromatic heterocycles. The standard InChI is InChI=1S/C20H30N4O4/c1-21-18(25)13-24(20(26)27)10-7-14-5-8-23(9-6-14)19-17-11-16(28-2)4-3-15(17)12-22-19/h3-4,11,14,19,22H,5-10,12-13H2,1-2H3,(H,21,25)(H,26,27). The molecule has 154 valence electrons. The second-order valence-corrected chi connectivity index (χ2v) is 7.49. The van der Waals surface area contributed by atoms with Gasteiger partial charge in [-0.1, -0.05) is 6.07 Å². The topological polar surface area (TPSA) is 94.1 Å². The minimum absolute atomic E-state index is 0.102. The van der Waals surface area contributed by atoms with Gasteiger partial charge in [-0.25, -0.2) is 4.79 Å². The van der Waals surface area contributed by atoms with Crippen LogP contribution in [0.25, 0.3) is 0 Å². The van der Waals surface area contributed by atoms with Crippen molar-refractivity contribution in [1.82, 2.24) is 20.4 Å². The number of carbonyl (C=O) groups excluding carboxylic acids is 1. The van der Waals surface area contributed by atoms with E-state index in [1.165, 1.54) is 23.1 Å². The number of nitrogens with one attached hydrogen (secondary N) is 2. The molecule has 2 heterocycles. The highest BCUT2D eigenvalue weighted by molar-refractivity contribution is 5.81. The average Bonchev–Trinajstić information content (AvgIpc) is 3.14. The molecule has 0 spiro atoms. The van der Waals surface area contributed by atoms with E-state index in [1.54, 1.807) is 7.11 Å². The summed E-state index contributed by atoms with van der Waals surface area (Å²) in [4.78, 5) is 26.5. The van der Waals surface area contributed by atoms with E-state index in [4.69, 9.17) is 4.74 Å². The second kappa shape index (κ2) is 9.25. The first kappa shape index (κ1) is 20.4. The van der Waals surface area contributed by atoms with Gasteiger partial charge in [0, 0.05) is 33.2 Å². The third-order valence-corrected chi connectivity index (χ3v) is 5.84. The van der Waals surface area contributed by atoms with Gasteiger partial charge in [0.2, 0.25) is 5.91 Å². The van der Waals surface area contributed by atoms with E-state index in [9.17, 15) is 14.7 Å². The molecule has 1 unspecified atom stereocenters. The Hall–Kier alpha value is -2.32. The van der Waals surface area contributed by atoms with Gasteiger partial charge >= 0.3 is 6.09 Å². The van der Waals surface area contributed by atoms with Crippen LogP contribution in [0.5, 0.6) is 5.75 Å². The summed E-state index contributed by atoms with van der Waals surface area (Å²) in [7, 11) is 3.21. The summed E-state index contributed by atoms with van der Waals surface area (Å²) in [5.74, 6) is 1.08. The van der Waals surface area contributed by atoms with Crippen molar-refractivity contribution in [1.29, 1.82) is 0 Å². The van der Waals surface area contributed by atoms with Crippen molar-refractivity contribution in [2.45, 2.75) is 32.0 Å². The number of hydrogen-bond donors (Lipinski definition) is 3. The number of carboxylic acid groups (broad SMARTS) is 1. The minimum atomic E-state index is -1.04. The monoisotopic (exact) mass is 390 g/mol.